The summed E-state index contributed by atoms with van der Waals surface area (Å²) >= 11 is 0. The van der Waals surface area contributed by atoms with Crippen molar-refractivity contribution >= 4 is 25.6 Å². The molecule has 0 aromatic heterocycles. The lowest BCUT2D eigenvalue weighted by Gasteiger charge is -2.18. The average molecular weight is 302 g/mol. The van der Waals surface area contributed by atoms with E-state index >= 15 is 0 Å². The van der Waals surface area contributed by atoms with Crippen LogP contribution in [0.2, 0.25) is 0 Å². The maximum atomic E-state index is 12.2. The predicted molar refractivity (Wildman–Crippen MR) is 73.9 cm³/mol. The fourth-order valence-corrected chi connectivity index (χ4v) is 2.84. The molecule has 0 N–H and O–H groups in total. The third kappa shape index (κ3) is 3.48. The molecular formula is C13H16ClNO3S. The molecule has 0 unspecified atom stereocenters. The highest BCUT2D eigenvalue weighted by Gasteiger charge is 2.26. The summed E-state index contributed by atoms with van der Waals surface area (Å²) in [7, 11) is 3.30. The maximum Gasteiger partial charge on any atom is 0.261 e. The first-order chi connectivity index (χ1) is 8.79. The van der Waals surface area contributed by atoms with Gasteiger partial charge in [-0.25, -0.2) is 8.42 Å². The third-order valence-corrected chi connectivity index (χ3v) is 4.64. The summed E-state index contributed by atoms with van der Waals surface area (Å²) < 4.78 is 22.4. The largest absolute Gasteiger partial charge is 0.341 e. The molecule has 1 amide bonds. The molecule has 1 saturated carbocycles. The zero-order valence-electron chi connectivity index (χ0n) is 10.9. The van der Waals surface area contributed by atoms with Crippen LogP contribution in [-0.2, 0) is 9.05 Å². The SMILES string of the molecule is Cc1cc(S(=O)(=O)Cl)ccc1C(=O)N(C)CC1CC1. The highest BCUT2D eigenvalue weighted by molar-refractivity contribution is 8.13. The Morgan fingerprint density at radius 1 is 1.42 bits per heavy atom. The number of hydrogen-bond acceptors (Lipinski definition) is 3. The fraction of sp³-hybridized carbons (Fsp3) is 0.462. The zero-order chi connectivity index (χ0) is 14.2. The summed E-state index contributed by atoms with van der Waals surface area (Å²) in [6.45, 7) is 2.47. The van der Waals surface area contributed by atoms with E-state index in [0.717, 1.165) is 6.54 Å². The number of benzene rings is 1. The minimum atomic E-state index is -3.75. The molecule has 104 valence electrons. The number of aryl methyl sites for hydroxylation is 1. The topological polar surface area (TPSA) is 54.5 Å². The molecule has 0 radical (unpaired) electrons. The number of carbonyl (C=O) groups is 1. The Labute approximate surface area is 117 Å². The van der Waals surface area contributed by atoms with Gasteiger partial charge in [0.15, 0.2) is 0 Å². The van der Waals surface area contributed by atoms with E-state index in [0.29, 0.717) is 17.0 Å². The molecule has 1 aliphatic rings. The molecule has 1 aliphatic carbocycles. The van der Waals surface area contributed by atoms with Crippen LogP contribution in [0.15, 0.2) is 23.1 Å². The first-order valence-corrected chi connectivity index (χ1v) is 8.41. The van der Waals surface area contributed by atoms with Gasteiger partial charge in [0.1, 0.15) is 0 Å². The number of carbonyl (C=O) groups excluding carboxylic acids is 1. The Morgan fingerprint density at radius 3 is 2.53 bits per heavy atom. The highest BCUT2D eigenvalue weighted by atomic mass is 35.7. The van der Waals surface area contributed by atoms with Gasteiger partial charge < -0.3 is 4.90 Å². The van der Waals surface area contributed by atoms with Gasteiger partial charge in [-0.15, -0.1) is 0 Å². The predicted octanol–water partition coefficient (Wildman–Crippen LogP) is 2.40. The summed E-state index contributed by atoms with van der Waals surface area (Å²) in [5.41, 5.74) is 1.14. The van der Waals surface area contributed by atoms with Crippen molar-refractivity contribution in [1.29, 1.82) is 0 Å². The quantitative estimate of drug-likeness (QED) is 0.803. The summed E-state index contributed by atoms with van der Waals surface area (Å²) in [5, 5.41) is 0. The van der Waals surface area contributed by atoms with Crippen molar-refractivity contribution in [2.45, 2.75) is 24.7 Å². The monoisotopic (exact) mass is 301 g/mol. The van der Waals surface area contributed by atoms with Gasteiger partial charge >= 0.3 is 0 Å². The standard InChI is InChI=1S/C13H16ClNO3S/c1-9-7-11(19(14,17)18)5-6-12(9)13(16)15(2)8-10-3-4-10/h5-7,10H,3-4,8H2,1-2H3. The minimum Gasteiger partial charge on any atom is -0.341 e. The van der Waals surface area contributed by atoms with Gasteiger partial charge in [0.05, 0.1) is 4.90 Å². The zero-order valence-corrected chi connectivity index (χ0v) is 12.5. The van der Waals surface area contributed by atoms with E-state index in [9.17, 15) is 13.2 Å². The fourth-order valence-electron chi connectivity index (χ4n) is 2.00. The van der Waals surface area contributed by atoms with Crippen molar-refractivity contribution in [3.05, 3.63) is 29.3 Å². The van der Waals surface area contributed by atoms with Crippen LogP contribution in [0.25, 0.3) is 0 Å². The molecule has 0 saturated heterocycles. The third-order valence-electron chi connectivity index (χ3n) is 3.29. The van der Waals surface area contributed by atoms with Crippen LogP contribution in [0.5, 0.6) is 0 Å². The summed E-state index contributed by atoms with van der Waals surface area (Å²) in [4.78, 5) is 13.9. The minimum absolute atomic E-state index is 0.0214. The van der Waals surface area contributed by atoms with Crippen molar-refractivity contribution in [3.8, 4) is 0 Å². The second-order valence-corrected chi connectivity index (χ2v) is 7.61. The van der Waals surface area contributed by atoms with Crippen LogP contribution < -0.4 is 0 Å². The van der Waals surface area contributed by atoms with E-state index in [1.54, 1.807) is 18.9 Å². The number of hydrogen-bond donors (Lipinski definition) is 0. The van der Waals surface area contributed by atoms with Crippen LogP contribution in [-0.4, -0.2) is 32.8 Å². The Hall–Kier alpha value is -1.07. The number of amides is 1. The van der Waals surface area contributed by atoms with Crippen molar-refractivity contribution < 1.29 is 13.2 Å². The molecule has 0 aliphatic heterocycles. The summed E-state index contributed by atoms with van der Waals surface area (Å²) in [5.74, 6) is 0.541. The second-order valence-electron chi connectivity index (χ2n) is 5.04. The van der Waals surface area contributed by atoms with Crippen molar-refractivity contribution in [2.75, 3.05) is 13.6 Å². The normalized spacial score (nSPS) is 15.3. The Bertz CT molecular complexity index is 608. The second kappa shape index (κ2) is 5.13. The van der Waals surface area contributed by atoms with Crippen LogP contribution in [0.3, 0.4) is 0 Å². The molecule has 1 aromatic rings. The molecular weight excluding hydrogens is 286 g/mol. The summed E-state index contributed by atoms with van der Waals surface area (Å²) in [6.07, 6.45) is 2.36. The average Bonchev–Trinajstić information content (AvgIpc) is 3.10. The van der Waals surface area contributed by atoms with Crippen molar-refractivity contribution in [3.63, 3.8) is 0 Å². The van der Waals surface area contributed by atoms with Crippen molar-refractivity contribution in [2.24, 2.45) is 5.92 Å². The van der Waals surface area contributed by atoms with E-state index in [1.807, 2.05) is 0 Å². The van der Waals surface area contributed by atoms with Gasteiger partial charge in [-0.1, -0.05) is 0 Å². The Morgan fingerprint density at radius 2 is 2.05 bits per heavy atom. The van der Waals surface area contributed by atoms with E-state index in [1.165, 1.54) is 31.0 Å². The molecule has 6 heteroatoms. The van der Waals surface area contributed by atoms with Crippen LogP contribution in [0.4, 0.5) is 0 Å². The van der Waals surface area contributed by atoms with Gasteiger partial charge in [0, 0.05) is 29.8 Å². The Balaban J connectivity index is 2.22. The molecule has 19 heavy (non-hydrogen) atoms. The molecule has 1 fully saturated rings. The smallest absolute Gasteiger partial charge is 0.261 e. The number of nitrogens with zero attached hydrogens (tertiary/aromatic N) is 1. The van der Waals surface area contributed by atoms with Crippen LogP contribution >= 0.6 is 10.7 Å². The van der Waals surface area contributed by atoms with Crippen molar-refractivity contribution in [1.82, 2.24) is 4.90 Å². The maximum absolute atomic E-state index is 12.2. The molecule has 0 bridgehead atoms. The van der Waals surface area contributed by atoms with Crippen LogP contribution in [0, 0.1) is 12.8 Å². The first kappa shape index (κ1) is 14.3. The Kier molecular flexibility index (Phi) is 3.87. The van der Waals surface area contributed by atoms with Crippen LogP contribution in [0.1, 0.15) is 28.8 Å². The van der Waals surface area contributed by atoms with E-state index in [-0.39, 0.29) is 10.8 Å². The van der Waals surface area contributed by atoms with Gasteiger partial charge in [0.2, 0.25) is 0 Å². The molecule has 2 rings (SSSR count). The molecule has 4 nitrogen and oxygen atoms in total. The van der Waals surface area contributed by atoms with Gasteiger partial charge in [-0.05, 0) is 49.4 Å². The van der Waals surface area contributed by atoms with E-state index < -0.39 is 9.05 Å². The highest BCUT2D eigenvalue weighted by Crippen LogP contribution is 2.30. The van der Waals surface area contributed by atoms with Gasteiger partial charge in [-0.2, -0.15) is 0 Å². The van der Waals surface area contributed by atoms with Gasteiger partial charge in [0.25, 0.3) is 15.0 Å². The van der Waals surface area contributed by atoms with E-state index in [4.69, 9.17) is 10.7 Å². The van der Waals surface area contributed by atoms with E-state index in [2.05, 4.69) is 0 Å². The first-order valence-electron chi connectivity index (χ1n) is 6.10. The molecule has 0 spiro atoms. The molecule has 0 atom stereocenters. The lowest BCUT2D eigenvalue weighted by molar-refractivity contribution is 0.0788. The summed E-state index contributed by atoms with van der Waals surface area (Å²) in [6, 6.07) is 4.32. The number of halogens is 1. The van der Waals surface area contributed by atoms with Gasteiger partial charge in [-0.3, -0.25) is 4.79 Å². The lowest BCUT2D eigenvalue weighted by Crippen LogP contribution is -2.29. The number of rotatable bonds is 4. The molecule has 0 heterocycles. The molecule has 1 aromatic carbocycles. The lowest BCUT2D eigenvalue weighted by atomic mass is 10.1.